The minimum absolute atomic E-state index is 0.178. The predicted molar refractivity (Wildman–Crippen MR) is 64.7 cm³/mol. The predicted octanol–water partition coefficient (Wildman–Crippen LogP) is 3.04. The summed E-state index contributed by atoms with van der Waals surface area (Å²) in [7, 11) is 0. The Kier molecular flexibility index (Phi) is 3.77. The summed E-state index contributed by atoms with van der Waals surface area (Å²) in [6, 6.07) is 0. The van der Waals surface area contributed by atoms with Gasteiger partial charge in [0.05, 0.1) is 5.56 Å². The maximum Gasteiger partial charge on any atom is 0.222 e. The van der Waals surface area contributed by atoms with E-state index in [1.165, 1.54) is 6.33 Å². The zero-order valence-electron chi connectivity index (χ0n) is 9.91. The summed E-state index contributed by atoms with van der Waals surface area (Å²) in [6.45, 7) is 7.60. The van der Waals surface area contributed by atoms with Crippen molar-refractivity contribution in [3.8, 4) is 18.2 Å². The second kappa shape index (κ2) is 4.71. The van der Waals surface area contributed by atoms with Gasteiger partial charge in [0.1, 0.15) is 11.5 Å². The smallest absolute Gasteiger partial charge is 0.222 e. The molecule has 0 aliphatic heterocycles. The van der Waals surface area contributed by atoms with E-state index in [2.05, 4.69) is 15.9 Å². The van der Waals surface area contributed by atoms with E-state index in [-0.39, 0.29) is 5.92 Å². The van der Waals surface area contributed by atoms with Gasteiger partial charge in [0.25, 0.3) is 0 Å². The van der Waals surface area contributed by atoms with E-state index in [9.17, 15) is 0 Å². The van der Waals surface area contributed by atoms with Crippen LogP contribution in [0.1, 0.15) is 39.2 Å². The fraction of sp³-hybridized carbons (Fsp3) is 0.500. The van der Waals surface area contributed by atoms with Gasteiger partial charge < -0.3 is 4.74 Å². The summed E-state index contributed by atoms with van der Waals surface area (Å²) >= 11 is 6.01. The van der Waals surface area contributed by atoms with Gasteiger partial charge in [0.15, 0.2) is 5.60 Å². The molecule has 0 bridgehead atoms. The molecule has 4 heteroatoms. The lowest BCUT2D eigenvalue weighted by Crippen LogP contribution is -2.27. The summed E-state index contributed by atoms with van der Waals surface area (Å²) in [6.07, 6.45) is 6.74. The molecule has 0 fully saturated rings. The molecule has 0 atom stereocenters. The van der Waals surface area contributed by atoms with Crippen LogP contribution < -0.4 is 4.74 Å². The third-order valence-corrected chi connectivity index (χ3v) is 2.38. The Morgan fingerprint density at radius 1 is 1.44 bits per heavy atom. The van der Waals surface area contributed by atoms with E-state index in [0.717, 1.165) is 5.56 Å². The number of aromatic nitrogens is 2. The highest BCUT2D eigenvalue weighted by Crippen LogP contribution is 2.31. The molecule has 3 nitrogen and oxygen atoms in total. The van der Waals surface area contributed by atoms with Crippen LogP contribution in [0.15, 0.2) is 6.33 Å². The number of halogens is 1. The highest BCUT2D eigenvalue weighted by molar-refractivity contribution is 6.30. The Hall–Kier alpha value is -1.27. The maximum atomic E-state index is 6.01. The fourth-order valence-electron chi connectivity index (χ4n) is 1.20. The van der Waals surface area contributed by atoms with E-state index >= 15 is 0 Å². The van der Waals surface area contributed by atoms with Crippen LogP contribution in [-0.2, 0) is 0 Å². The number of rotatable bonds is 3. The lowest BCUT2D eigenvalue weighted by molar-refractivity contribution is 0.162. The van der Waals surface area contributed by atoms with Crippen LogP contribution >= 0.6 is 11.6 Å². The Bertz CT molecular complexity index is 422. The van der Waals surface area contributed by atoms with Gasteiger partial charge in [0.2, 0.25) is 5.88 Å². The van der Waals surface area contributed by atoms with E-state index in [4.69, 9.17) is 22.8 Å². The first-order valence-corrected chi connectivity index (χ1v) is 5.42. The molecule has 0 saturated heterocycles. The largest absolute Gasteiger partial charge is 0.458 e. The third-order valence-electron chi connectivity index (χ3n) is 2.08. The lowest BCUT2D eigenvalue weighted by Gasteiger charge is -2.22. The summed E-state index contributed by atoms with van der Waals surface area (Å²) < 4.78 is 5.65. The summed E-state index contributed by atoms with van der Waals surface area (Å²) in [5.74, 6) is 3.18. The first-order chi connectivity index (χ1) is 7.37. The minimum Gasteiger partial charge on any atom is -0.458 e. The normalized spacial score (nSPS) is 11.3. The van der Waals surface area contributed by atoms with Crippen LogP contribution in [0.2, 0.25) is 5.15 Å². The number of ether oxygens (including phenoxy) is 1. The fourth-order valence-corrected chi connectivity index (χ4v) is 1.54. The van der Waals surface area contributed by atoms with Crippen molar-refractivity contribution in [3.63, 3.8) is 0 Å². The molecule has 0 amide bonds. The molecule has 0 radical (unpaired) electrons. The quantitative estimate of drug-likeness (QED) is 0.600. The minimum atomic E-state index is -0.707. The highest BCUT2D eigenvalue weighted by Gasteiger charge is 2.22. The van der Waals surface area contributed by atoms with Crippen LogP contribution in [-0.4, -0.2) is 15.6 Å². The van der Waals surface area contributed by atoms with Gasteiger partial charge in [-0.25, -0.2) is 9.97 Å². The Morgan fingerprint density at radius 2 is 2.06 bits per heavy atom. The first-order valence-electron chi connectivity index (χ1n) is 5.04. The molecule has 1 aromatic rings. The van der Waals surface area contributed by atoms with Gasteiger partial charge in [-0.1, -0.05) is 31.4 Å². The molecule has 86 valence electrons. The van der Waals surface area contributed by atoms with Crippen LogP contribution in [0.4, 0.5) is 0 Å². The summed E-state index contributed by atoms with van der Waals surface area (Å²) in [5.41, 5.74) is 0.0777. The zero-order valence-corrected chi connectivity index (χ0v) is 10.7. The number of hydrogen-bond acceptors (Lipinski definition) is 3. The molecule has 0 N–H and O–H groups in total. The molecule has 0 aromatic carbocycles. The molecule has 0 unspecified atom stereocenters. The third kappa shape index (κ3) is 2.86. The molecule has 16 heavy (non-hydrogen) atoms. The van der Waals surface area contributed by atoms with Crippen molar-refractivity contribution in [3.05, 3.63) is 17.0 Å². The molecule has 0 saturated carbocycles. The van der Waals surface area contributed by atoms with E-state index in [1.54, 1.807) is 13.8 Å². The van der Waals surface area contributed by atoms with Crippen LogP contribution in [0.3, 0.4) is 0 Å². The van der Waals surface area contributed by atoms with Gasteiger partial charge in [-0.2, -0.15) is 0 Å². The standard InChI is InChI=1S/C12H15ClN2O/c1-6-12(4,5)16-11-9(8(2)3)10(13)14-7-15-11/h1,7-8H,2-5H3. The van der Waals surface area contributed by atoms with E-state index < -0.39 is 5.60 Å². The SMILES string of the molecule is C#CC(C)(C)Oc1ncnc(Cl)c1C(C)C. The average Bonchev–Trinajstić information content (AvgIpc) is 2.16. The summed E-state index contributed by atoms with van der Waals surface area (Å²) in [5, 5.41) is 0.410. The average molecular weight is 239 g/mol. The molecule has 1 heterocycles. The Morgan fingerprint density at radius 3 is 2.56 bits per heavy atom. The van der Waals surface area contributed by atoms with Crippen LogP contribution in [0.5, 0.6) is 5.88 Å². The van der Waals surface area contributed by atoms with Crippen molar-refractivity contribution in [1.82, 2.24) is 9.97 Å². The van der Waals surface area contributed by atoms with Gasteiger partial charge in [0, 0.05) is 0 Å². The molecular weight excluding hydrogens is 224 g/mol. The van der Waals surface area contributed by atoms with E-state index in [0.29, 0.717) is 11.0 Å². The Balaban J connectivity index is 3.15. The molecule has 1 aromatic heterocycles. The molecular formula is C12H15ClN2O. The van der Waals surface area contributed by atoms with E-state index in [1.807, 2.05) is 13.8 Å². The monoisotopic (exact) mass is 238 g/mol. The molecule has 0 aliphatic rings. The second-order valence-corrected chi connectivity index (χ2v) is 4.65. The number of nitrogens with zero attached hydrogens (tertiary/aromatic N) is 2. The molecule has 0 spiro atoms. The van der Waals surface area contributed by atoms with Crippen molar-refractivity contribution < 1.29 is 4.74 Å². The first kappa shape index (κ1) is 12.8. The van der Waals surface area contributed by atoms with Gasteiger partial charge in [-0.15, -0.1) is 6.42 Å². The van der Waals surface area contributed by atoms with Crippen LogP contribution in [0, 0.1) is 12.3 Å². The van der Waals surface area contributed by atoms with Crippen molar-refractivity contribution in [1.29, 1.82) is 0 Å². The zero-order chi connectivity index (χ0) is 12.3. The maximum absolute atomic E-state index is 6.01. The van der Waals surface area contributed by atoms with Gasteiger partial charge in [-0.05, 0) is 19.8 Å². The van der Waals surface area contributed by atoms with Crippen molar-refractivity contribution in [2.45, 2.75) is 39.2 Å². The summed E-state index contributed by atoms with van der Waals surface area (Å²) in [4.78, 5) is 8.02. The topological polar surface area (TPSA) is 35.0 Å². The molecule has 1 rings (SSSR count). The van der Waals surface area contributed by atoms with Gasteiger partial charge in [-0.3, -0.25) is 0 Å². The second-order valence-electron chi connectivity index (χ2n) is 4.29. The Labute approximate surface area is 101 Å². The number of terminal acetylenes is 1. The molecule has 0 aliphatic carbocycles. The lowest BCUT2D eigenvalue weighted by atomic mass is 10.1. The van der Waals surface area contributed by atoms with Crippen LogP contribution in [0.25, 0.3) is 0 Å². The van der Waals surface area contributed by atoms with Crippen molar-refractivity contribution >= 4 is 11.6 Å². The van der Waals surface area contributed by atoms with Gasteiger partial charge >= 0.3 is 0 Å². The number of hydrogen-bond donors (Lipinski definition) is 0. The highest BCUT2D eigenvalue weighted by atomic mass is 35.5. The van der Waals surface area contributed by atoms with Crippen molar-refractivity contribution in [2.75, 3.05) is 0 Å². The van der Waals surface area contributed by atoms with Crippen molar-refractivity contribution in [2.24, 2.45) is 0 Å².